The highest BCUT2D eigenvalue weighted by molar-refractivity contribution is 7.98. The van der Waals surface area contributed by atoms with Crippen LogP contribution in [0.3, 0.4) is 0 Å². The van der Waals surface area contributed by atoms with Gasteiger partial charge in [0.2, 0.25) is 5.91 Å². The molecule has 1 aliphatic rings. The summed E-state index contributed by atoms with van der Waals surface area (Å²) in [5.41, 5.74) is 3.86. The van der Waals surface area contributed by atoms with E-state index in [4.69, 9.17) is 0 Å². The molecule has 1 aromatic heterocycles. The van der Waals surface area contributed by atoms with Gasteiger partial charge in [-0.25, -0.2) is 4.98 Å². The Bertz CT molecular complexity index is 1010. The quantitative estimate of drug-likeness (QED) is 0.543. The van der Waals surface area contributed by atoms with E-state index in [1.807, 2.05) is 60.4 Å². The number of fused-ring (bicyclic) bond motifs is 1. The van der Waals surface area contributed by atoms with Crippen LogP contribution in [0.1, 0.15) is 42.1 Å². The average molecular weight is 437 g/mol. The lowest BCUT2D eigenvalue weighted by Gasteiger charge is -2.31. The van der Waals surface area contributed by atoms with E-state index in [1.54, 1.807) is 11.8 Å². The number of benzene rings is 2. The van der Waals surface area contributed by atoms with Crippen LogP contribution < -0.4 is 5.32 Å². The van der Waals surface area contributed by atoms with Crippen LogP contribution >= 0.6 is 11.8 Å². The zero-order valence-electron chi connectivity index (χ0n) is 17.8. The Morgan fingerprint density at radius 3 is 2.58 bits per heavy atom. The minimum Gasteiger partial charge on any atom is -0.356 e. The van der Waals surface area contributed by atoms with Gasteiger partial charge in [0.1, 0.15) is 0 Å². The molecule has 2 amide bonds. The van der Waals surface area contributed by atoms with Gasteiger partial charge in [-0.05, 0) is 49.1 Å². The maximum Gasteiger partial charge on any atom is 0.253 e. The van der Waals surface area contributed by atoms with Crippen LogP contribution in [0, 0.1) is 5.92 Å². The molecule has 0 aliphatic carbocycles. The topological polar surface area (TPSA) is 78.1 Å². The number of amides is 2. The van der Waals surface area contributed by atoms with Crippen LogP contribution in [0.5, 0.6) is 0 Å². The number of thioether (sulfide) groups is 1. The van der Waals surface area contributed by atoms with Crippen molar-refractivity contribution in [1.29, 1.82) is 0 Å². The van der Waals surface area contributed by atoms with Gasteiger partial charge < -0.3 is 15.2 Å². The molecule has 0 spiro atoms. The molecule has 6 nitrogen and oxygen atoms in total. The van der Waals surface area contributed by atoms with Crippen molar-refractivity contribution >= 4 is 34.6 Å². The molecule has 0 bridgehead atoms. The first-order chi connectivity index (χ1) is 15.1. The van der Waals surface area contributed by atoms with Crippen LogP contribution in [-0.4, -0.2) is 46.3 Å². The Morgan fingerprint density at radius 1 is 1.13 bits per heavy atom. The van der Waals surface area contributed by atoms with E-state index in [0.717, 1.165) is 53.3 Å². The second-order valence-electron chi connectivity index (χ2n) is 7.90. The lowest BCUT2D eigenvalue weighted by molar-refractivity contribution is -0.126. The fraction of sp³-hybridized carbons (Fsp3) is 0.375. The molecule has 2 heterocycles. The van der Waals surface area contributed by atoms with Crippen LogP contribution in [0.25, 0.3) is 11.0 Å². The highest BCUT2D eigenvalue weighted by Gasteiger charge is 2.27. The molecule has 1 saturated heterocycles. The summed E-state index contributed by atoms with van der Waals surface area (Å²) in [5, 5.41) is 3.86. The van der Waals surface area contributed by atoms with E-state index < -0.39 is 0 Å². The third kappa shape index (κ3) is 5.28. The number of H-pyrrole nitrogens is 1. The molecule has 162 valence electrons. The Labute approximate surface area is 186 Å². The number of carbonyl (C=O) groups excluding carboxylic acids is 2. The van der Waals surface area contributed by atoms with Crippen molar-refractivity contribution in [2.24, 2.45) is 5.92 Å². The molecule has 1 fully saturated rings. The molecular weight excluding hydrogens is 408 g/mol. The smallest absolute Gasteiger partial charge is 0.253 e. The lowest BCUT2D eigenvalue weighted by Crippen LogP contribution is -2.43. The molecule has 0 saturated carbocycles. The predicted molar refractivity (Wildman–Crippen MR) is 124 cm³/mol. The summed E-state index contributed by atoms with van der Waals surface area (Å²) in [7, 11) is 0. The van der Waals surface area contributed by atoms with E-state index in [-0.39, 0.29) is 17.7 Å². The van der Waals surface area contributed by atoms with Crippen molar-refractivity contribution in [2.75, 3.05) is 19.6 Å². The van der Waals surface area contributed by atoms with Gasteiger partial charge in [-0.2, -0.15) is 0 Å². The second kappa shape index (κ2) is 10.0. The van der Waals surface area contributed by atoms with Gasteiger partial charge in [0.25, 0.3) is 5.91 Å². The van der Waals surface area contributed by atoms with Crippen molar-refractivity contribution in [3.05, 3.63) is 59.7 Å². The maximum atomic E-state index is 12.8. The fourth-order valence-electron chi connectivity index (χ4n) is 3.81. The number of carbonyl (C=O) groups is 2. The number of aromatic amines is 1. The monoisotopic (exact) mass is 436 g/mol. The summed E-state index contributed by atoms with van der Waals surface area (Å²) < 4.78 is 0. The van der Waals surface area contributed by atoms with Gasteiger partial charge >= 0.3 is 0 Å². The Morgan fingerprint density at radius 2 is 1.87 bits per heavy atom. The predicted octanol–water partition coefficient (Wildman–Crippen LogP) is 4.23. The highest BCUT2D eigenvalue weighted by atomic mass is 32.2. The molecule has 0 radical (unpaired) electrons. The van der Waals surface area contributed by atoms with E-state index in [1.165, 1.54) is 0 Å². The molecule has 1 aliphatic heterocycles. The van der Waals surface area contributed by atoms with Crippen molar-refractivity contribution in [3.8, 4) is 0 Å². The Balaban J connectivity index is 1.28. The largest absolute Gasteiger partial charge is 0.356 e. The first-order valence-electron chi connectivity index (χ1n) is 10.9. The van der Waals surface area contributed by atoms with E-state index in [2.05, 4.69) is 15.3 Å². The number of hydrogen-bond acceptors (Lipinski definition) is 4. The molecule has 31 heavy (non-hydrogen) atoms. The number of para-hydroxylation sites is 2. The fourth-order valence-corrected chi connectivity index (χ4v) is 4.65. The molecular formula is C24H28N4O2S. The summed E-state index contributed by atoms with van der Waals surface area (Å²) >= 11 is 1.65. The van der Waals surface area contributed by atoms with Crippen molar-refractivity contribution in [1.82, 2.24) is 20.2 Å². The summed E-state index contributed by atoms with van der Waals surface area (Å²) in [4.78, 5) is 34.8. The first-order valence-corrected chi connectivity index (χ1v) is 11.9. The standard InChI is InChI=1S/C24H28N4O2S/c1-2-13-25-22(29)18-11-14-28(15-12-18)23(30)19-9-7-17(8-10-19)16-31-24-26-20-5-3-4-6-21(20)27-24/h3-10,18H,2,11-16H2,1H3,(H,25,29)(H,26,27). The minimum absolute atomic E-state index is 0.0215. The molecule has 0 atom stereocenters. The van der Waals surface area contributed by atoms with E-state index in [9.17, 15) is 9.59 Å². The maximum absolute atomic E-state index is 12.8. The highest BCUT2D eigenvalue weighted by Crippen LogP contribution is 2.24. The van der Waals surface area contributed by atoms with Crippen molar-refractivity contribution in [2.45, 2.75) is 37.1 Å². The van der Waals surface area contributed by atoms with Gasteiger partial charge in [-0.1, -0.05) is 43.0 Å². The zero-order chi connectivity index (χ0) is 21.6. The summed E-state index contributed by atoms with van der Waals surface area (Å²) in [5.74, 6) is 0.976. The van der Waals surface area contributed by atoms with Gasteiger partial charge in [-0.15, -0.1) is 0 Å². The van der Waals surface area contributed by atoms with Gasteiger partial charge in [-0.3, -0.25) is 9.59 Å². The van der Waals surface area contributed by atoms with Gasteiger partial charge in [0, 0.05) is 36.9 Å². The van der Waals surface area contributed by atoms with E-state index in [0.29, 0.717) is 18.7 Å². The van der Waals surface area contributed by atoms with Crippen LogP contribution in [-0.2, 0) is 10.5 Å². The number of imidazole rings is 1. The summed E-state index contributed by atoms with van der Waals surface area (Å²) in [6, 6.07) is 15.8. The first kappa shape index (κ1) is 21.4. The lowest BCUT2D eigenvalue weighted by atomic mass is 9.95. The number of likely N-dealkylation sites (tertiary alicyclic amines) is 1. The molecule has 7 heteroatoms. The second-order valence-corrected chi connectivity index (χ2v) is 8.87. The summed E-state index contributed by atoms with van der Waals surface area (Å²) in [6.45, 7) is 4.03. The molecule has 4 rings (SSSR count). The van der Waals surface area contributed by atoms with Crippen molar-refractivity contribution < 1.29 is 9.59 Å². The number of aromatic nitrogens is 2. The van der Waals surface area contributed by atoms with Gasteiger partial charge in [0.15, 0.2) is 5.16 Å². The number of nitrogens with zero attached hydrogens (tertiary/aromatic N) is 2. The third-order valence-corrected chi connectivity index (χ3v) is 6.59. The minimum atomic E-state index is 0.0215. The summed E-state index contributed by atoms with van der Waals surface area (Å²) in [6.07, 6.45) is 2.40. The van der Waals surface area contributed by atoms with Crippen LogP contribution in [0.15, 0.2) is 53.7 Å². The normalized spacial score (nSPS) is 14.7. The van der Waals surface area contributed by atoms with Gasteiger partial charge in [0.05, 0.1) is 11.0 Å². The van der Waals surface area contributed by atoms with Crippen molar-refractivity contribution in [3.63, 3.8) is 0 Å². The number of rotatable bonds is 7. The Kier molecular flexibility index (Phi) is 6.92. The van der Waals surface area contributed by atoms with Crippen LogP contribution in [0.4, 0.5) is 0 Å². The van der Waals surface area contributed by atoms with Crippen LogP contribution in [0.2, 0.25) is 0 Å². The zero-order valence-corrected chi connectivity index (χ0v) is 18.6. The molecule has 2 aromatic carbocycles. The average Bonchev–Trinajstić information content (AvgIpc) is 3.24. The Hall–Kier alpha value is -2.80. The number of piperidine rings is 1. The SMILES string of the molecule is CCCNC(=O)C1CCN(C(=O)c2ccc(CSc3nc4ccccc4[nH]3)cc2)CC1. The molecule has 0 unspecified atom stereocenters. The number of nitrogens with one attached hydrogen (secondary N) is 2. The molecule has 2 N–H and O–H groups in total. The van der Waals surface area contributed by atoms with E-state index >= 15 is 0 Å². The third-order valence-electron chi connectivity index (χ3n) is 5.65. The number of hydrogen-bond donors (Lipinski definition) is 2. The molecule has 3 aromatic rings.